The zero-order chi connectivity index (χ0) is 17.2. The van der Waals surface area contributed by atoms with Crippen LogP contribution in [0.3, 0.4) is 0 Å². The molecule has 0 bridgehead atoms. The first-order valence-corrected chi connectivity index (χ1v) is 9.08. The summed E-state index contributed by atoms with van der Waals surface area (Å²) in [6.45, 7) is 3.44. The van der Waals surface area contributed by atoms with Gasteiger partial charge in [-0.1, -0.05) is 32.1 Å². The number of nitrogens with zero attached hydrogens (tertiary/aromatic N) is 3. The van der Waals surface area contributed by atoms with Gasteiger partial charge in [0.05, 0.1) is 12.1 Å². The zero-order valence-electron chi connectivity index (χ0n) is 14.8. The van der Waals surface area contributed by atoms with Crippen LogP contribution in [-0.4, -0.2) is 52.0 Å². The van der Waals surface area contributed by atoms with Crippen LogP contribution >= 0.6 is 0 Å². The molecule has 1 N–H and O–H groups in total. The summed E-state index contributed by atoms with van der Waals surface area (Å²) < 4.78 is 1.69. The van der Waals surface area contributed by atoms with Gasteiger partial charge < -0.3 is 10.2 Å². The van der Waals surface area contributed by atoms with E-state index in [1.54, 1.807) is 15.6 Å². The summed E-state index contributed by atoms with van der Waals surface area (Å²) in [5, 5.41) is 7.94. The Kier molecular flexibility index (Phi) is 5.04. The molecule has 1 unspecified atom stereocenters. The predicted octanol–water partition coefficient (Wildman–Crippen LogP) is 2.24. The van der Waals surface area contributed by atoms with E-state index in [9.17, 15) is 9.59 Å². The average molecular weight is 332 g/mol. The molecule has 132 valence electrons. The Morgan fingerprint density at radius 1 is 1.29 bits per heavy atom. The summed E-state index contributed by atoms with van der Waals surface area (Å²) in [6, 6.07) is 2.11. The second-order valence-corrected chi connectivity index (χ2v) is 7.51. The average Bonchev–Trinajstić information content (AvgIpc) is 2.95. The van der Waals surface area contributed by atoms with Crippen molar-refractivity contribution in [2.45, 2.75) is 70.0 Å². The lowest BCUT2D eigenvalue weighted by Gasteiger charge is -2.43. The summed E-state index contributed by atoms with van der Waals surface area (Å²) in [5.74, 6) is -0.0659. The maximum Gasteiger partial charge on any atom is 0.272 e. The number of aldehydes is 1. The Hall–Kier alpha value is -1.69. The third-order valence-electron chi connectivity index (χ3n) is 5.62. The molecule has 2 heterocycles. The fourth-order valence-electron chi connectivity index (χ4n) is 3.83. The molecular weight excluding hydrogens is 304 g/mol. The van der Waals surface area contributed by atoms with Crippen LogP contribution in [-0.2, 0) is 6.54 Å². The normalized spacial score (nSPS) is 25.9. The number of nitrogens with one attached hydrogen (secondary N) is 1. The van der Waals surface area contributed by atoms with Crippen LogP contribution in [0.4, 0.5) is 0 Å². The molecule has 1 aliphatic heterocycles. The Balaban J connectivity index is 1.69. The molecule has 0 radical (unpaired) electrons. The van der Waals surface area contributed by atoms with Gasteiger partial charge in [-0.3, -0.25) is 14.3 Å². The second-order valence-electron chi connectivity index (χ2n) is 7.51. The van der Waals surface area contributed by atoms with E-state index in [4.69, 9.17) is 0 Å². The van der Waals surface area contributed by atoms with E-state index in [0.29, 0.717) is 30.3 Å². The van der Waals surface area contributed by atoms with Crippen molar-refractivity contribution < 1.29 is 9.59 Å². The lowest BCUT2D eigenvalue weighted by Crippen LogP contribution is -2.60. The number of aromatic nitrogens is 2. The molecule has 3 rings (SSSR count). The quantitative estimate of drug-likeness (QED) is 0.859. The fraction of sp³-hybridized carbons (Fsp3) is 0.722. The van der Waals surface area contributed by atoms with E-state index in [2.05, 4.69) is 17.3 Å². The van der Waals surface area contributed by atoms with Crippen LogP contribution < -0.4 is 5.32 Å². The van der Waals surface area contributed by atoms with Gasteiger partial charge >= 0.3 is 0 Å². The minimum Gasteiger partial charge on any atom is -0.332 e. The van der Waals surface area contributed by atoms with Crippen molar-refractivity contribution in [3.63, 3.8) is 0 Å². The van der Waals surface area contributed by atoms with Crippen LogP contribution in [0, 0.1) is 0 Å². The Labute approximate surface area is 143 Å². The molecular formula is C18H28N4O2. The van der Waals surface area contributed by atoms with Crippen molar-refractivity contribution in [1.29, 1.82) is 0 Å². The topological polar surface area (TPSA) is 67.2 Å². The largest absolute Gasteiger partial charge is 0.332 e. The second kappa shape index (κ2) is 7.05. The summed E-state index contributed by atoms with van der Waals surface area (Å²) in [7, 11) is 1.85. The van der Waals surface area contributed by atoms with Gasteiger partial charge in [-0.05, 0) is 25.8 Å². The molecule has 0 aromatic carbocycles. The van der Waals surface area contributed by atoms with Crippen LogP contribution in [0.15, 0.2) is 6.07 Å². The number of likely N-dealkylation sites (N-methyl/N-ethyl adjacent to an activating group) is 1. The monoisotopic (exact) mass is 332 g/mol. The molecule has 2 aliphatic rings. The van der Waals surface area contributed by atoms with Crippen LogP contribution in [0.2, 0.25) is 0 Å². The number of rotatable bonds is 4. The van der Waals surface area contributed by atoms with E-state index >= 15 is 0 Å². The predicted molar refractivity (Wildman–Crippen MR) is 92.2 cm³/mol. The first-order chi connectivity index (χ1) is 11.5. The third-order valence-corrected chi connectivity index (χ3v) is 5.62. The van der Waals surface area contributed by atoms with Gasteiger partial charge in [-0.25, -0.2) is 0 Å². The molecule has 1 aromatic rings. The molecule has 1 amide bonds. The molecule has 1 fully saturated rings. The minimum atomic E-state index is -0.335. The van der Waals surface area contributed by atoms with Crippen molar-refractivity contribution in [2.75, 3.05) is 13.6 Å². The lowest BCUT2D eigenvalue weighted by molar-refractivity contribution is 0.0432. The van der Waals surface area contributed by atoms with E-state index in [1.807, 2.05) is 7.05 Å². The number of amides is 1. The van der Waals surface area contributed by atoms with Gasteiger partial charge in [-0.15, -0.1) is 0 Å². The first kappa shape index (κ1) is 17.1. The standard InChI is InChI=1S/C18H28N4O2/c1-18(12-19-14-8-6-4-3-5-7-9-14)13-22-16(17(24)21(18)2)10-15(11-23)20-22/h10-11,14,19H,3-9,12-13H2,1-2H3. The Bertz CT molecular complexity index is 604. The van der Waals surface area contributed by atoms with Gasteiger partial charge in [0.2, 0.25) is 0 Å². The number of carbonyl (C=O) groups is 2. The Morgan fingerprint density at radius 3 is 2.62 bits per heavy atom. The third kappa shape index (κ3) is 3.38. The highest BCUT2D eigenvalue weighted by Gasteiger charge is 2.40. The van der Waals surface area contributed by atoms with Crippen molar-refractivity contribution >= 4 is 12.2 Å². The summed E-state index contributed by atoms with van der Waals surface area (Å²) in [6.07, 6.45) is 9.74. The number of carbonyl (C=O) groups excluding carboxylic acids is 2. The smallest absolute Gasteiger partial charge is 0.272 e. The highest BCUT2D eigenvalue weighted by atomic mass is 16.2. The van der Waals surface area contributed by atoms with Gasteiger partial charge in [0.15, 0.2) is 6.29 Å². The zero-order valence-corrected chi connectivity index (χ0v) is 14.8. The molecule has 1 saturated carbocycles. The summed E-state index contributed by atoms with van der Waals surface area (Å²) in [5.41, 5.74) is 0.491. The van der Waals surface area contributed by atoms with Gasteiger partial charge in [0.25, 0.3) is 5.91 Å². The van der Waals surface area contributed by atoms with Crippen molar-refractivity contribution in [3.05, 3.63) is 17.5 Å². The number of hydrogen-bond acceptors (Lipinski definition) is 4. The Morgan fingerprint density at radius 2 is 1.96 bits per heavy atom. The molecule has 6 nitrogen and oxygen atoms in total. The van der Waals surface area contributed by atoms with Crippen LogP contribution in [0.5, 0.6) is 0 Å². The van der Waals surface area contributed by atoms with E-state index < -0.39 is 0 Å². The first-order valence-electron chi connectivity index (χ1n) is 9.08. The van der Waals surface area contributed by atoms with Crippen molar-refractivity contribution in [1.82, 2.24) is 20.0 Å². The van der Waals surface area contributed by atoms with Gasteiger partial charge in [0.1, 0.15) is 11.4 Å². The summed E-state index contributed by atoms with van der Waals surface area (Å²) >= 11 is 0. The van der Waals surface area contributed by atoms with Gasteiger partial charge in [-0.2, -0.15) is 5.10 Å². The van der Waals surface area contributed by atoms with Crippen LogP contribution in [0.1, 0.15) is 72.8 Å². The van der Waals surface area contributed by atoms with Crippen molar-refractivity contribution in [3.8, 4) is 0 Å². The molecule has 1 aliphatic carbocycles. The van der Waals surface area contributed by atoms with Crippen LogP contribution in [0.25, 0.3) is 0 Å². The highest BCUT2D eigenvalue weighted by Crippen LogP contribution is 2.26. The fourth-order valence-corrected chi connectivity index (χ4v) is 3.83. The van der Waals surface area contributed by atoms with Crippen molar-refractivity contribution in [2.24, 2.45) is 0 Å². The lowest BCUT2D eigenvalue weighted by atomic mass is 9.93. The minimum absolute atomic E-state index is 0.0659. The van der Waals surface area contributed by atoms with E-state index in [-0.39, 0.29) is 11.4 Å². The van der Waals surface area contributed by atoms with E-state index in [1.165, 1.54) is 44.9 Å². The molecule has 6 heteroatoms. The van der Waals surface area contributed by atoms with Gasteiger partial charge in [0, 0.05) is 19.6 Å². The molecule has 0 saturated heterocycles. The highest BCUT2D eigenvalue weighted by molar-refractivity contribution is 5.95. The molecule has 0 spiro atoms. The molecule has 24 heavy (non-hydrogen) atoms. The van der Waals surface area contributed by atoms with E-state index in [0.717, 1.165) is 6.54 Å². The molecule has 1 atom stereocenters. The maximum atomic E-state index is 12.6. The SMILES string of the molecule is CN1C(=O)c2cc(C=O)nn2CC1(C)CNC1CCCCCCC1. The number of hydrogen-bond donors (Lipinski definition) is 1. The molecule has 1 aromatic heterocycles. The number of fused-ring (bicyclic) bond motifs is 1. The maximum absolute atomic E-state index is 12.6. The summed E-state index contributed by atoms with van der Waals surface area (Å²) in [4.78, 5) is 25.4.